The van der Waals surface area contributed by atoms with E-state index in [4.69, 9.17) is 10.5 Å². The second-order valence-corrected chi connectivity index (χ2v) is 16.4. The van der Waals surface area contributed by atoms with Gasteiger partial charge in [-0.2, -0.15) is 30.4 Å². The van der Waals surface area contributed by atoms with Gasteiger partial charge in [0.15, 0.2) is 11.4 Å². The molecule has 0 aliphatic carbocycles. The molecule has 27 heteroatoms. The molecule has 0 aliphatic heterocycles. The number of phenols is 3. The molecule has 0 bridgehead atoms. The molecule has 1 heterocycles. The first-order chi connectivity index (χ1) is 27.8. The molecule has 316 valence electrons. The molecule has 5 rings (SSSR count). The topological polar surface area (TPSA) is 383 Å². The summed E-state index contributed by atoms with van der Waals surface area (Å²) in [5, 5.41) is 61.3. The Morgan fingerprint density at radius 3 is 2.02 bits per heavy atom. The Hall–Kier alpha value is -7.04. The Labute approximate surface area is 337 Å². The van der Waals surface area contributed by atoms with Crippen LogP contribution in [0.5, 0.6) is 28.9 Å². The number of rotatable bonds is 12. The zero-order valence-corrected chi connectivity index (χ0v) is 33.2. The molecule has 0 saturated carbocycles. The van der Waals surface area contributed by atoms with Crippen molar-refractivity contribution in [3.63, 3.8) is 0 Å². The smallest absolute Gasteiger partial charge is 0.297 e. The lowest BCUT2D eigenvalue weighted by molar-refractivity contribution is -0.443. The molecule has 0 atom stereocenters. The van der Waals surface area contributed by atoms with Crippen LogP contribution < -0.4 is 16.0 Å². The van der Waals surface area contributed by atoms with E-state index in [9.17, 15) is 68.9 Å². The van der Waals surface area contributed by atoms with Crippen LogP contribution in [0.3, 0.4) is 0 Å². The van der Waals surface area contributed by atoms with E-state index in [2.05, 4.69) is 32.6 Å². The molecule has 5 aromatic rings. The number of aromatic nitrogens is 1. The number of carbonyl (C=O) groups excluding carboxylic acids is 1. The van der Waals surface area contributed by atoms with Crippen LogP contribution in [0.2, 0.25) is 0 Å². The summed E-state index contributed by atoms with van der Waals surface area (Å²) >= 11 is 0. The molecule has 60 heavy (non-hydrogen) atoms. The number of ether oxygens (including phenoxy) is 1. The van der Waals surface area contributed by atoms with E-state index in [1.54, 1.807) is 0 Å². The Bertz CT molecular complexity index is 3170. The molecule has 0 fully saturated rings. The van der Waals surface area contributed by atoms with Gasteiger partial charge in [-0.05, 0) is 66.8 Å². The fourth-order valence-electron chi connectivity index (χ4n) is 5.63. The van der Waals surface area contributed by atoms with E-state index in [-0.39, 0.29) is 40.6 Å². The van der Waals surface area contributed by atoms with Gasteiger partial charge in [-0.25, -0.2) is 4.70 Å². The first-order valence-electron chi connectivity index (χ1n) is 16.2. The quantitative estimate of drug-likeness (QED) is 0.0351. The van der Waals surface area contributed by atoms with E-state index in [0.717, 1.165) is 35.9 Å². The van der Waals surface area contributed by atoms with Gasteiger partial charge >= 0.3 is 0 Å². The number of hydrogen-bond donors (Lipinski definition) is 8. The van der Waals surface area contributed by atoms with Crippen molar-refractivity contribution in [2.45, 2.75) is 35.1 Å². The number of fused-ring (bicyclic) bond motifs is 1. The van der Waals surface area contributed by atoms with E-state index in [1.165, 1.54) is 19.9 Å². The number of amides is 1. The van der Waals surface area contributed by atoms with Crippen LogP contribution in [0.4, 0.5) is 34.1 Å². The highest BCUT2D eigenvalue weighted by Crippen LogP contribution is 2.47. The normalized spacial score (nSPS) is 12.8. The summed E-state index contributed by atoms with van der Waals surface area (Å²) in [6, 6.07) is 6.83. The van der Waals surface area contributed by atoms with Gasteiger partial charge in [0.1, 0.15) is 55.4 Å². The van der Waals surface area contributed by atoms with Crippen molar-refractivity contribution in [1.29, 1.82) is 0 Å². The third-order valence-electron chi connectivity index (χ3n) is 8.42. The van der Waals surface area contributed by atoms with Crippen molar-refractivity contribution in [3.8, 4) is 28.9 Å². The Morgan fingerprint density at radius 2 is 1.45 bits per heavy atom. The highest BCUT2D eigenvalue weighted by molar-refractivity contribution is 7.86. The fourth-order valence-corrected chi connectivity index (χ4v) is 7.47. The maximum absolute atomic E-state index is 12.6. The lowest BCUT2D eigenvalue weighted by atomic mass is 10.1. The van der Waals surface area contributed by atoms with Crippen molar-refractivity contribution in [2.75, 3.05) is 7.11 Å². The van der Waals surface area contributed by atoms with E-state index >= 15 is 0 Å². The SMILES string of the molecule is [CH2-][N+](=Nc1c(S(=O)(=O)O)cc2cc(S(=O)(=O)O)cc(O)c2c1O)c1cc(OC)c(N=Nc2ccc(N=Nc3c(C)c(C(N)=O)c(=O)n(CC)c3O)cc2S(=O)(=O)O)cc1O. The number of nitrogens with zero attached hydrogens (tertiary/aromatic N) is 7. The van der Waals surface area contributed by atoms with Gasteiger partial charge in [0.05, 0.1) is 23.1 Å². The minimum atomic E-state index is -5.27. The first kappa shape index (κ1) is 44.1. The zero-order chi connectivity index (χ0) is 44.8. The number of aromatic hydroxyl groups is 4. The Kier molecular flexibility index (Phi) is 11.7. The van der Waals surface area contributed by atoms with Gasteiger partial charge in [-0.1, -0.05) is 0 Å². The average molecular weight is 891 g/mol. The van der Waals surface area contributed by atoms with E-state index in [0.29, 0.717) is 22.9 Å². The molecule has 9 N–H and O–H groups in total. The number of phenolic OH excluding ortho intramolecular Hbond substituents is 3. The van der Waals surface area contributed by atoms with Crippen LogP contribution in [-0.2, 0) is 36.9 Å². The van der Waals surface area contributed by atoms with Gasteiger partial charge in [0.2, 0.25) is 5.88 Å². The summed E-state index contributed by atoms with van der Waals surface area (Å²) in [6.45, 7) is 2.69. The van der Waals surface area contributed by atoms with Crippen molar-refractivity contribution < 1.29 is 73.6 Å². The highest BCUT2D eigenvalue weighted by Gasteiger charge is 2.28. The van der Waals surface area contributed by atoms with Crippen molar-refractivity contribution in [1.82, 2.24) is 4.57 Å². The third kappa shape index (κ3) is 8.55. The predicted molar refractivity (Wildman–Crippen MR) is 205 cm³/mol. The van der Waals surface area contributed by atoms with Crippen LogP contribution in [0.15, 0.2) is 93.6 Å². The molecule has 0 spiro atoms. The number of carbonyl (C=O) groups is 1. The van der Waals surface area contributed by atoms with Gasteiger partial charge in [0.25, 0.3) is 41.8 Å². The zero-order valence-electron chi connectivity index (χ0n) is 30.8. The summed E-state index contributed by atoms with van der Waals surface area (Å²) in [4.78, 5) is 21.7. The lowest BCUT2D eigenvalue weighted by Gasteiger charge is -2.13. The maximum atomic E-state index is 12.6. The summed E-state index contributed by atoms with van der Waals surface area (Å²) in [6.07, 6.45) is 0. The number of azo groups is 4. The third-order valence-corrected chi connectivity index (χ3v) is 11.0. The molecule has 1 amide bonds. The lowest BCUT2D eigenvalue weighted by Crippen LogP contribution is -2.30. The maximum Gasteiger partial charge on any atom is 0.297 e. The number of nitrogens with two attached hydrogens (primary N) is 1. The Balaban J connectivity index is 1.56. The summed E-state index contributed by atoms with van der Waals surface area (Å²) < 4.78 is 109. The average Bonchev–Trinajstić information content (AvgIpc) is 3.13. The largest absolute Gasteiger partial charge is 0.520 e. The number of benzene rings is 4. The molecular formula is C33H30N8O16S3. The predicted octanol–water partition coefficient (Wildman–Crippen LogP) is 5.05. The number of pyridine rings is 1. The minimum Gasteiger partial charge on any atom is -0.520 e. The summed E-state index contributed by atoms with van der Waals surface area (Å²) in [7, 11) is -10.6. The monoisotopic (exact) mass is 890 g/mol. The van der Waals surface area contributed by atoms with Gasteiger partial charge < -0.3 is 30.9 Å². The van der Waals surface area contributed by atoms with Crippen molar-refractivity contribution in [2.24, 2.45) is 31.3 Å². The number of primary amides is 1. The second-order valence-electron chi connectivity index (χ2n) is 12.2. The summed E-state index contributed by atoms with van der Waals surface area (Å²) in [5.74, 6) is -4.77. The van der Waals surface area contributed by atoms with Gasteiger partial charge in [-0.3, -0.25) is 27.8 Å². The van der Waals surface area contributed by atoms with Gasteiger partial charge in [0, 0.05) is 25.2 Å². The van der Waals surface area contributed by atoms with Crippen LogP contribution in [0, 0.1) is 14.0 Å². The molecule has 0 saturated heterocycles. The second kappa shape index (κ2) is 16.0. The molecule has 24 nitrogen and oxygen atoms in total. The van der Waals surface area contributed by atoms with Crippen LogP contribution >= 0.6 is 0 Å². The van der Waals surface area contributed by atoms with Crippen molar-refractivity contribution in [3.05, 3.63) is 77.1 Å². The molecule has 1 aromatic heterocycles. The van der Waals surface area contributed by atoms with Crippen LogP contribution in [0.1, 0.15) is 22.8 Å². The Morgan fingerprint density at radius 1 is 0.817 bits per heavy atom. The molecule has 4 aromatic carbocycles. The minimum absolute atomic E-state index is 0.0825. The number of hydrogen-bond acceptors (Lipinski definition) is 18. The molecule has 0 radical (unpaired) electrons. The number of methoxy groups -OCH3 is 1. The van der Waals surface area contributed by atoms with Crippen LogP contribution in [0.25, 0.3) is 10.8 Å². The van der Waals surface area contributed by atoms with Crippen molar-refractivity contribution >= 4 is 81.2 Å². The molecule has 0 unspecified atom stereocenters. The summed E-state index contributed by atoms with van der Waals surface area (Å²) in [5.41, 5.74) is 1.20. The molecule has 0 aliphatic rings. The van der Waals surface area contributed by atoms with Crippen LogP contribution in [-0.4, -0.2) is 81.6 Å². The van der Waals surface area contributed by atoms with Gasteiger partial charge in [-0.15, -0.1) is 15.3 Å². The standard InChI is InChI=1S/C33H30N8O16S3/c1-5-41-32(46)26(31(34)45)14(2)28(33(41)47)38-35-16-6-7-18(24(10-16)59(51,52)53)36-37-19-12-21(42)20(13-23(19)57-4)40(3)39-29-25(60(54,55)56)9-15-8-17(58(48,49)50)11-22(43)27(15)30(29)44/h6-13,42-44,47H,3,5H2,1-2,4H3,(H2,34,45)(H,48,49,50)(H,51,52,53)(H,54,55,56). The fraction of sp³-hybridized carbons (Fsp3) is 0.121. The molecular weight excluding hydrogens is 861 g/mol. The highest BCUT2D eigenvalue weighted by atomic mass is 32.2. The van der Waals surface area contributed by atoms with E-state index in [1.807, 2.05) is 0 Å². The van der Waals surface area contributed by atoms with E-state index < -0.39 is 107 Å². The first-order valence-corrected chi connectivity index (χ1v) is 20.5.